The minimum Gasteiger partial charge on any atom is -0.497 e. The normalized spacial score (nSPS) is 16.2. The van der Waals surface area contributed by atoms with E-state index in [2.05, 4.69) is 0 Å². The van der Waals surface area contributed by atoms with Gasteiger partial charge in [-0.1, -0.05) is 12.1 Å². The molecule has 1 saturated heterocycles. The summed E-state index contributed by atoms with van der Waals surface area (Å²) >= 11 is 0. The summed E-state index contributed by atoms with van der Waals surface area (Å²) in [4.78, 5) is 38.6. The monoisotopic (exact) mass is 381 g/mol. The van der Waals surface area contributed by atoms with Gasteiger partial charge in [0.15, 0.2) is 12.4 Å². The van der Waals surface area contributed by atoms with Gasteiger partial charge in [-0.2, -0.15) is 0 Å². The van der Waals surface area contributed by atoms with Gasteiger partial charge in [-0.05, 0) is 55.3 Å². The lowest BCUT2D eigenvalue weighted by Crippen LogP contribution is -2.27. The van der Waals surface area contributed by atoms with Crippen LogP contribution in [0.3, 0.4) is 0 Å². The number of hydrogen-bond acceptors (Lipinski definition) is 5. The zero-order valence-corrected chi connectivity index (χ0v) is 16.2. The highest BCUT2D eigenvalue weighted by Gasteiger charge is 2.36. The maximum Gasteiger partial charge on any atom is 0.311 e. The lowest BCUT2D eigenvalue weighted by atomic mass is 10.1. The third-order valence-electron chi connectivity index (χ3n) is 4.87. The van der Waals surface area contributed by atoms with Gasteiger partial charge in [-0.25, -0.2) is 0 Å². The van der Waals surface area contributed by atoms with E-state index in [0.717, 1.165) is 16.8 Å². The van der Waals surface area contributed by atoms with Crippen molar-refractivity contribution in [2.24, 2.45) is 5.92 Å². The fourth-order valence-corrected chi connectivity index (χ4v) is 3.22. The van der Waals surface area contributed by atoms with E-state index in [9.17, 15) is 14.4 Å². The Morgan fingerprint density at radius 3 is 2.50 bits per heavy atom. The molecule has 6 nitrogen and oxygen atoms in total. The number of aryl methyl sites for hydroxylation is 2. The van der Waals surface area contributed by atoms with E-state index in [-0.39, 0.29) is 31.3 Å². The molecular weight excluding hydrogens is 358 g/mol. The van der Waals surface area contributed by atoms with Gasteiger partial charge in [-0.3, -0.25) is 14.4 Å². The predicted molar refractivity (Wildman–Crippen MR) is 105 cm³/mol. The number of benzene rings is 2. The zero-order valence-electron chi connectivity index (χ0n) is 16.2. The second-order valence-corrected chi connectivity index (χ2v) is 6.95. The van der Waals surface area contributed by atoms with E-state index in [4.69, 9.17) is 9.47 Å². The third kappa shape index (κ3) is 4.22. The van der Waals surface area contributed by atoms with Gasteiger partial charge in [0.25, 0.3) is 0 Å². The van der Waals surface area contributed by atoms with Crippen molar-refractivity contribution in [1.29, 1.82) is 0 Å². The van der Waals surface area contributed by atoms with Crippen molar-refractivity contribution in [3.63, 3.8) is 0 Å². The van der Waals surface area contributed by atoms with Crippen LogP contribution in [0.5, 0.6) is 5.75 Å². The Labute approximate surface area is 164 Å². The lowest BCUT2D eigenvalue weighted by Gasteiger charge is -2.19. The number of ketones is 1. The molecular formula is C22H23NO5. The number of rotatable bonds is 6. The number of amides is 1. The molecule has 1 amide bonds. The van der Waals surface area contributed by atoms with Crippen LogP contribution in [-0.4, -0.2) is 37.9 Å². The lowest BCUT2D eigenvalue weighted by molar-refractivity contribution is -0.147. The molecule has 0 aliphatic carbocycles. The van der Waals surface area contributed by atoms with Crippen LogP contribution in [0, 0.1) is 19.8 Å². The Bertz CT molecular complexity index is 904. The van der Waals surface area contributed by atoms with Gasteiger partial charge in [0, 0.05) is 24.2 Å². The Morgan fingerprint density at radius 2 is 1.82 bits per heavy atom. The second-order valence-electron chi connectivity index (χ2n) is 6.95. The van der Waals surface area contributed by atoms with Crippen molar-refractivity contribution < 1.29 is 23.9 Å². The van der Waals surface area contributed by atoms with Gasteiger partial charge in [0.1, 0.15) is 5.75 Å². The number of carbonyl (C=O) groups excluding carboxylic acids is 3. The van der Waals surface area contributed by atoms with Crippen molar-refractivity contribution in [2.45, 2.75) is 20.3 Å². The zero-order chi connectivity index (χ0) is 20.3. The van der Waals surface area contributed by atoms with E-state index in [1.165, 1.54) is 0 Å². The van der Waals surface area contributed by atoms with Gasteiger partial charge < -0.3 is 14.4 Å². The van der Waals surface area contributed by atoms with Crippen LogP contribution >= 0.6 is 0 Å². The number of nitrogens with zero attached hydrogens (tertiary/aromatic N) is 1. The molecule has 1 aliphatic heterocycles. The molecule has 0 unspecified atom stereocenters. The van der Waals surface area contributed by atoms with Crippen molar-refractivity contribution >= 4 is 23.3 Å². The molecule has 28 heavy (non-hydrogen) atoms. The fourth-order valence-electron chi connectivity index (χ4n) is 3.22. The molecule has 0 radical (unpaired) electrons. The van der Waals surface area contributed by atoms with Gasteiger partial charge >= 0.3 is 5.97 Å². The van der Waals surface area contributed by atoms with Crippen molar-refractivity contribution in [3.05, 3.63) is 59.2 Å². The Morgan fingerprint density at radius 1 is 1.11 bits per heavy atom. The maximum absolute atomic E-state index is 12.4. The summed E-state index contributed by atoms with van der Waals surface area (Å²) in [6.45, 7) is 3.80. The largest absolute Gasteiger partial charge is 0.497 e. The average Bonchev–Trinajstić information content (AvgIpc) is 3.09. The summed E-state index contributed by atoms with van der Waals surface area (Å²) in [6.07, 6.45) is 0.0863. The molecule has 1 atom stereocenters. The molecule has 2 aromatic carbocycles. The van der Waals surface area contributed by atoms with E-state index >= 15 is 0 Å². The molecule has 6 heteroatoms. The van der Waals surface area contributed by atoms with Gasteiger partial charge in [0.05, 0.1) is 13.0 Å². The molecule has 1 aliphatic rings. The van der Waals surface area contributed by atoms with Crippen LogP contribution in [0.2, 0.25) is 0 Å². The average molecular weight is 381 g/mol. The van der Waals surface area contributed by atoms with Gasteiger partial charge in [-0.15, -0.1) is 0 Å². The molecule has 1 heterocycles. The number of carbonyl (C=O) groups is 3. The molecule has 3 rings (SSSR count). The first kappa shape index (κ1) is 19.6. The summed E-state index contributed by atoms with van der Waals surface area (Å²) in [5, 5.41) is 0. The van der Waals surface area contributed by atoms with Crippen molar-refractivity contribution in [2.75, 3.05) is 25.2 Å². The molecule has 1 fully saturated rings. The summed E-state index contributed by atoms with van der Waals surface area (Å²) in [7, 11) is 1.54. The maximum atomic E-state index is 12.4. The topological polar surface area (TPSA) is 72.9 Å². The number of esters is 1. The number of ether oxygens (including phenoxy) is 2. The summed E-state index contributed by atoms with van der Waals surface area (Å²) < 4.78 is 10.2. The van der Waals surface area contributed by atoms with Crippen LogP contribution in [0.4, 0.5) is 5.69 Å². The summed E-state index contributed by atoms with van der Waals surface area (Å²) in [5.41, 5.74) is 3.27. The minimum absolute atomic E-state index is 0.0863. The number of methoxy groups -OCH3 is 1. The van der Waals surface area contributed by atoms with Crippen LogP contribution in [0.25, 0.3) is 0 Å². The number of anilines is 1. The third-order valence-corrected chi connectivity index (χ3v) is 4.87. The van der Waals surface area contributed by atoms with Gasteiger partial charge in [0.2, 0.25) is 5.91 Å². The first-order chi connectivity index (χ1) is 13.4. The SMILES string of the molecule is COc1ccc(C(=O)COC(=O)[C@H]2CC(=O)N(c3cc(C)ccc3C)C2)cc1. The highest BCUT2D eigenvalue weighted by molar-refractivity contribution is 6.01. The Balaban J connectivity index is 1.60. The second kappa shape index (κ2) is 8.25. The van der Waals surface area contributed by atoms with Crippen LogP contribution in [0.1, 0.15) is 27.9 Å². The minimum atomic E-state index is -0.573. The van der Waals surface area contributed by atoms with Crippen LogP contribution < -0.4 is 9.64 Å². The first-order valence-corrected chi connectivity index (χ1v) is 9.10. The first-order valence-electron chi connectivity index (χ1n) is 9.10. The fraction of sp³-hybridized carbons (Fsp3) is 0.318. The highest BCUT2D eigenvalue weighted by atomic mass is 16.5. The molecule has 0 bridgehead atoms. The molecule has 0 N–H and O–H groups in total. The molecule has 2 aromatic rings. The molecule has 0 aromatic heterocycles. The Hall–Kier alpha value is -3.15. The summed E-state index contributed by atoms with van der Waals surface area (Å²) in [5.74, 6) is -0.868. The van der Waals surface area contributed by atoms with Crippen molar-refractivity contribution in [1.82, 2.24) is 0 Å². The quantitative estimate of drug-likeness (QED) is 0.568. The van der Waals surface area contributed by atoms with E-state index in [0.29, 0.717) is 11.3 Å². The van der Waals surface area contributed by atoms with E-state index in [1.54, 1.807) is 36.3 Å². The molecule has 146 valence electrons. The smallest absolute Gasteiger partial charge is 0.311 e. The van der Waals surface area contributed by atoms with Crippen LogP contribution in [0.15, 0.2) is 42.5 Å². The highest BCUT2D eigenvalue weighted by Crippen LogP contribution is 2.29. The standard InChI is InChI=1S/C22H23NO5/c1-14-4-5-15(2)19(10-14)23-12-17(11-21(23)25)22(26)28-13-20(24)16-6-8-18(27-3)9-7-16/h4-10,17H,11-13H2,1-3H3/t17-/m0/s1. The van der Waals surface area contributed by atoms with E-state index in [1.807, 2.05) is 32.0 Å². The number of hydrogen-bond donors (Lipinski definition) is 0. The van der Waals surface area contributed by atoms with E-state index < -0.39 is 11.9 Å². The van der Waals surface area contributed by atoms with Crippen molar-refractivity contribution in [3.8, 4) is 5.75 Å². The predicted octanol–water partition coefficient (Wildman–Crippen LogP) is 3.09. The molecule has 0 spiro atoms. The molecule has 0 saturated carbocycles. The van der Waals surface area contributed by atoms with Crippen LogP contribution in [-0.2, 0) is 14.3 Å². The number of Topliss-reactive ketones (excluding diaryl/α,β-unsaturated/α-hetero) is 1. The Kier molecular flexibility index (Phi) is 5.78. The summed E-state index contributed by atoms with van der Waals surface area (Å²) in [6, 6.07) is 12.5.